The topological polar surface area (TPSA) is 158 Å². The number of rotatable bonds is 11. The minimum atomic E-state index is -1.16. The molecular weight excluding hydrogens is 542 g/mol. The molecule has 1 saturated carbocycles. The molecule has 4 aliphatic rings. The van der Waals surface area contributed by atoms with Gasteiger partial charge in [-0.05, 0) is 56.5 Å². The van der Waals surface area contributed by atoms with E-state index in [4.69, 9.17) is 9.47 Å². The normalized spacial score (nSPS) is 30.6. The van der Waals surface area contributed by atoms with Crippen LogP contribution < -0.4 is 15.4 Å². The van der Waals surface area contributed by atoms with Crippen LogP contribution in [0.1, 0.15) is 64.0 Å². The summed E-state index contributed by atoms with van der Waals surface area (Å²) in [7, 11) is 3.52. The molecule has 6 atom stereocenters. The molecule has 11 heteroatoms. The van der Waals surface area contributed by atoms with Crippen molar-refractivity contribution in [1.82, 2.24) is 15.5 Å². The summed E-state index contributed by atoms with van der Waals surface area (Å²) in [6, 6.07) is 1.85. The average Bonchev–Trinajstić information content (AvgIpc) is 3.05. The number of carbonyl (C=O) groups is 3. The van der Waals surface area contributed by atoms with E-state index in [9.17, 15) is 29.7 Å². The van der Waals surface area contributed by atoms with E-state index in [1.165, 1.54) is 7.11 Å². The van der Waals surface area contributed by atoms with Gasteiger partial charge in [0.15, 0.2) is 11.5 Å². The molecule has 1 aromatic carbocycles. The van der Waals surface area contributed by atoms with Crippen molar-refractivity contribution >= 4 is 17.8 Å². The van der Waals surface area contributed by atoms with Gasteiger partial charge in [-0.15, -0.1) is 0 Å². The van der Waals surface area contributed by atoms with E-state index in [2.05, 4.69) is 15.5 Å². The number of amides is 1. The van der Waals surface area contributed by atoms with E-state index in [0.29, 0.717) is 30.0 Å². The molecule has 0 radical (unpaired) electrons. The number of phenolic OH excluding ortho intramolecular Hbond substituents is 1. The highest BCUT2D eigenvalue weighted by atomic mass is 16.5. The zero-order valence-corrected chi connectivity index (χ0v) is 25.0. The number of likely N-dealkylation sites (N-methyl/N-ethyl adjacent to an activating group) is 2. The number of hydrogen-bond donors (Lipinski definition) is 5. The number of aromatic hydroxyl groups is 1. The second kappa shape index (κ2) is 10.8. The number of benzene rings is 1. The van der Waals surface area contributed by atoms with E-state index < -0.39 is 40.9 Å². The molecule has 11 nitrogen and oxygen atoms in total. The molecule has 1 amide bonds. The number of carbonyl (C=O) groups excluding carboxylic acids is 2. The van der Waals surface area contributed by atoms with Gasteiger partial charge in [0, 0.05) is 48.2 Å². The second-order valence-electron chi connectivity index (χ2n) is 12.9. The molecule has 5 N–H and O–H groups in total. The highest BCUT2D eigenvalue weighted by Gasteiger charge is 2.77. The van der Waals surface area contributed by atoms with Gasteiger partial charge in [0.1, 0.15) is 11.8 Å². The molecule has 0 aromatic heterocycles. The number of likely N-dealkylation sites (tertiary alicyclic amines) is 1. The van der Waals surface area contributed by atoms with Gasteiger partial charge < -0.3 is 35.4 Å². The third-order valence-electron chi connectivity index (χ3n) is 9.98. The zero-order chi connectivity index (χ0) is 30.6. The fourth-order valence-electron chi connectivity index (χ4n) is 8.55. The summed E-state index contributed by atoms with van der Waals surface area (Å²) in [5.74, 6) is -1.60. The van der Waals surface area contributed by atoms with E-state index >= 15 is 0 Å². The number of carboxylic acids is 1. The average molecular weight is 586 g/mol. The van der Waals surface area contributed by atoms with Gasteiger partial charge in [-0.3, -0.25) is 14.5 Å². The number of methoxy groups -OCH3 is 1. The Hall–Kier alpha value is -3.15. The van der Waals surface area contributed by atoms with Crippen molar-refractivity contribution in [2.24, 2.45) is 11.3 Å². The number of nitrogens with zero attached hydrogens (tertiary/aromatic N) is 1. The summed E-state index contributed by atoms with van der Waals surface area (Å²) in [5.41, 5.74) is -0.464. The lowest BCUT2D eigenvalue weighted by Gasteiger charge is -2.56. The van der Waals surface area contributed by atoms with E-state index in [-0.39, 0.29) is 48.8 Å². The molecule has 230 valence electrons. The SMILES string of the molecule is CCNC(CCC(=O)OC1=CCC2(O)C3N(C)CC34Cc3ccc(OC)c(O)c3C2(C1)C4)C(=O)NC(C(=O)O)C(C)C. The Balaban J connectivity index is 1.34. The van der Waals surface area contributed by atoms with Gasteiger partial charge in [-0.25, -0.2) is 4.79 Å². The Kier molecular flexibility index (Phi) is 7.83. The highest BCUT2D eigenvalue weighted by Crippen LogP contribution is 2.72. The molecule has 2 spiro atoms. The van der Waals surface area contributed by atoms with Gasteiger partial charge in [-0.2, -0.15) is 0 Å². The zero-order valence-electron chi connectivity index (χ0n) is 25.0. The van der Waals surface area contributed by atoms with Crippen molar-refractivity contribution in [3.05, 3.63) is 35.1 Å². The molecule has 3 aliphatic carbocycles. The number of esters is 1. The van der Waals surface area contributed by atoms with Crippen molar-refractivity contribution in [3.8, 4) is 11.5 Å². The van der Waals surface area contributed by atoms with Crippen LogP contribution in [0.25, 0.3) is 0 Å². The number of hydrogen-bond acceptors (Lipinski definition) is 9. The Morgan fingerprint density at radius 3 is 2.57 bits per heavy atom. The van der Waals surface area contributed by atoms with Crippen LogP contribution >= 0.6 is 0 Å². The fourth-order valence-corrected chi connectivity index (χ4v) is 8.55. The molecular formula is C31H43N3O8. The monoisotopic (exact) mass is 585 g/mol. The predicted molar refractivity (Wildman–Crippen MR) is 153 cm³/mol. The standard InChI is InChI=1S/C31H43N3O8/c1-6-32-20(26(37)33-24(17(2)3)27(38)39)8-10-22(35)42-19-11-12-31(40)28-29(16-34(28)4)13-18-7-9-21(41-5)25(36)23(18)30(31,14-19)15-29/h7,9,11,17,20,24,28,32,36,40H,6,8,10,12-16H2,1-5H3,(H,33,37)(H,38,39). The summed E-state index contributed by atoms with van der Waals surface area (Å²) >= 11 is 0. The summed E-state index contributed by atoms with van der Waals surface area (Å²) in [6.07, 6.45) is 3.79. The maximum absolute atomic E-state index is 13.1. The first kappa shape index (κ1) is 30.3. The lowest BCUT2D eigenvalue weighted by molar-refractivity contribution is -0.146. The minimum Gasteiger partial charge on any atom is -0.504 e. The first-order valence-electron chi connectivity index (χ1n) is 14.8. The van der Waals surface area contributed by atoms with Gasteiger partial charge in [0.25, 0.3) is 0 Å². The molecule has 1 heterocycles. The molecule has 1 aromatic rings. The number of aliphatic hydroxyl groups is 1. The van der Waals surface area contributed by atoms with Gasteiger partial charge in [-0.1, -0.05) is 26.8 Å². The van der Waals surface area contributed by atoms with Crippen LogP contribution in [0.15, 0.2) is 24.0 Å². The van der Waals surface area contributed by atoms with Gasteiger partial charge in [0.2, 0.25) is 5.91 Å². The smallest absolute Gasteiger partial charge is 0.326 e. The number of fused-ring (bicyclic) bond motifs is 2. The number of aliphatic carboxylic acids is 1. The van der Waals surface area contributed by atoms with Crippen LogP contribution in [-0.2, 0) is 31.0 Å². The molecule has 2 bridgehead atoms. The number of phenols is 1. The Labute approximate surface area is 246 Å². The number of nitrogens with one attached hydrogen (secondary N) is 2. The summed E-state index contributed by atoms with van der Waals surface area (Å²) < 4.78 is 11.3. The van der Waals surface area contributed by atoms with E-state index in [1.807, 2.05) is 20.0 Å². The lowest BCUT2D eigenvalue weighted by atomic mass is 9.59. The summed E-state index contributed by atoms with van der Waals surface area (Å²) in [5, 5.41) is 38.8. The molecule has 6 unspecified atom stereocenters. The van der Waals surface area contributed by atoms with Gasteiger partial charge in [0.05, 0.1) is 18.8 Å². The number of carboxylic acid groups (broad SMARTS) is 1. The Morgan fingerprint density at radius 2 is 1.95 bits per heavy atom. The van der Waals surface area contributed by atoms with Gasteiger partial charge >= 0.3 is 11.9 Å². The maximum Gasteiger partial charge on any atom is 0.326 e. The largest absolute Gasteiger partial charge is 0.504 e. The van der Waals surface area contributed by atoms with Crippen LogP contribution in [-0.4, -0.2) is 89.0 Å². The number of allylic oxidation sites excluding steroid dienone is 1. The van der Waals surface area contributed by atoms with Crippen LogP contribution in [0.5, 0.6) is 11.5 Å². The first-order chi connectivity index (χ1) is 19.8. The lowest BCUT2D eigenvalue weighted by Crippen LogP contribution is -2.69. The summed E-state index contributed by atoms with van der Waals surface area (Å²) in [6.45, 7) is 6.56. The quantitative estimate of drug-likeness (QED) is 0.243. The van der Waals surface area contributed by atoms with Crippen LogP contribution in [0.3, 0.4) is 0 Å². The van der Waals surface area contributed by atoms with Crippen molar-refractivity contribution < 1.29 is 39.2 Å². The van der Waals surface area contributed by atoms with E-state index in [0.717, 1.165) is 18.5 Å². The fraction of sp³-hybridized carbons (Fsp3) is 0.645. The third kappa shape index (κ3) is 4.57. The maximum atomic E-state index is 13.1. The van der Waals surface area contributed by atoms with E-state index in [1.54, 1.807) is 26.0 Å². The molecule has 42 heavy (non-hydrogen) atoms. The van der Waals surface area contributed by atoms with Crippen molar-refractivity contribution in [3.63, 3.8) is 0 Å². The third-order valence-corrected chi connectivity index (χ3v) is 9.98. The summed E-state index contributed by atoms with van der Waals surface area (Å²) in [4.78, 5) is 39.7. The molecule has 1 aliphatic heterocycles. The second-order valence-corrected chi connectivity index (χ2v) is 12.9. The Bertz CT molecular complexity index is 1310. The number of ether oxygens (including phenoxy) is 2. The van der Waals surface area contributed by atoms with Crippen molar-refractivity contribution in [1.29, 1.82) is 0 Å². The highest BCUT2D eigenvalue weighted by molar-refractivity contribution is 5.87. The molecule has 2 fully saturated rings. The molecule has 1 saturated heterocycles. The van der Waals surface area contributed by atoms with Crippen molar-refractivity contribution in [2.75, 3.05) is 27.2 Å². The minimum absolute atomic E-state index is 0.0281. The van der Waals surface area contributed by atoms with Crippen molar-refractivity contribution in [2.45, 2.75) is 88.4 Å². The van der Waals surface area contributed by atoms with Crippen LogP contribution in [0, 0.1) is 11.3 Å². The molecule has 5 rings (SSSR count). The van der Waals surface area contributed by atoms with Crippen LogP contribution in [0.2, 0.25) is 0 Å². The first-order valence-corrected chi connectivity index (χ1v) is 14.8. The van der Waals surface area contributed by atoms with Crippen LogP contribution in [0.4, 0.5) is 0 Å². The predicted octanol–water partition coefficient (Wildman–Crippen LogP) is 1.83. The Morgan fingerprint density at radius 1 is 1.21 bits per heavy atom.